The highest BCUT2D eigenvalue weighted by Gasteiger charge is 2.15. The SMILES string of the molecule is C=CCc1cccc(-c2ccccc2)c1OC(=O)NC(C)C. The van der Waals surface area contributed by atoms with Gasteiger partial charge in [0.1, 0.15) is 5.75 Å². The summed E-state index contributed by atoms with van der Waals surface area (Å²) in [7, 11) is 0. The Labute approximate surface area is 131 Å². The largest absolute Gasteiger partial charge is 0.412 e. The van der Waals surface area contributed by atoms with Crippen molar-refractivity contribution in [1.29, 1.82) is 0 Å². The van der Waals surface area contributed by atoms with E-state index in [4.69, 9.17) is 4.74 Å². The fourth-order valence-electron chi connectivity index (χ4n) is 2.22. The summed E-state index contributed by atoms with van der Waals surface area (Å²) >= 11 is 0. The number of carbonyl (C=O) groups excluding carboxylic acids is 1. The second-order valence-electron chi connectivity index (χ2n) is 5.34. The Hall–Kier alpha value is -2.55. The molecule has 2 aromatic carbocycles. The molecule has 2 aromatic rings. The van der Waals surface area contributed by atoms with Crippen molar-refractivity contribution in [2.75, 3.05) is 0 Å². The zero-order chi connectivity index (χ0) is 15.9. The standard InChI is InChI=1S/C19H21NO2/c1-4-9-16-12-8-13-17(15-10-6-5-7-11-15)18(16)22-19(21)20-14(2)3/h4-8,10-14H,1,9H2,2-3H3,(H,20,21). The van der Waals surface area contributed by atoms with Crippen LogP contribution < -0.4 is 10.1 Å². The second kappa shape index (κ2) is 7.46. The fraction of sp³-hybridized carbons (Fsp3) is 0.211. The van der Waals surface area contributed by atoms with Gasteiger partial charge < -0.3 is 10.1 Å². The summed E-state index contributed by atoms with van der Waals surface area (Å²) in [5.41, 5.74) is 2.86. The molecule has 0 atom stereocenters. The van der Waals surface area contributed by atoms with Crippen LogP contribution in [-0.4, -0.2) is 12.1 Å². The average molecular weight is 295 g/mol. The highest BCUT2D eigenvalue weighted by atomic mass is 16.6. The zero-order valence-electron chi connectivity index (χ0n) is 13.0. The van der Waals surface area contributed by atoms with Gasteiger partial charge in [-0.15, -0.1) is 6.58 Å². The summed E-state index contributed by atoms with van der Waals surface area (Å²) in [6, 6.07) is 15.8. The highest BCUT2D eigenvalue weighted by Crippen LogP contribution is 2.33. The molecule has 0 unspecified atom stereocenters. The van der Waals surface area contributed by atoms with Crippen LogP contribution >= 0.6 is 0 Å². The third kappa shape index (κ3) is 3.98. The Morgan fingerprint density at radius 3 is 2.55 bits per heavy atom. The lowest BCUT2D eigenvalue weighted by Gasteiger charge is -2.16. The molecule has 0 fully saturated rings. The number of benzene rings is 2. The summed E-state index contributed by atoms with van der Waals surface area (Å²) in [4.78, 5) is 12.0. The van der Waals surface area contributed by atoms with E-state index in [9.17, 15) is 4.79 Å². The predicted octanol–water partition coefficient (Wildman–Crippen LogP) is 4.58. The van der Waals surface area contributed by atoms with Crippen molar-refractivity contribution in [2.45, 2.75) is 26.3 Å². The number of nitrogens with one attached hydrogen (secondary N) is 1. The minimum Gasteiger partial charge on any atom is -0.409 e. The Kier molecular flexibility index (Phi) is 5.37. The first-order valence-electron chi connectivity index (χ1n) is 7.38. The quantitative estimate of drug-likeness (QED) is 0.820. The molecule has 1 N–H and O–H groups in total. The van der Waals surface area contributed by atoms with Crippen molar-refractivity contribution < 1.29 is 9.53 Å². The summed E-state index contributed by atoms with van der Waals surface area (Å²) in [6.45, 7) is 7.57. The van der Waals surface area contributed by atoms with Gasteiger partial charge in [0.15, 0.2) is 0 Å². The molecule has 0 saturated carbocycles. The number of amides is 1. The van der Waals surface area contributed by atoms with Gasteiger partial charge in [-0.3, -0.25) is 0 Å². The number of hydrogen-bond acceptors (Lipinski definition) is 2. The molecular weight excluding hydrogens is 274 g/mol. The van der Waals surface area contributed by atoms with Crippen molar-refractivity contribution in [2.24, 2.45) is 0 Å². The third-order valence-corrected chi connectivity index (χ3v) is 3.15. The molecule has 3 heteroatoms. The monoisotopic (exact) mass is 295 g/mol. The van der Waals surface area contributed by atoms with E-state index < -0.39 is 6.09 Å². The summed E-state index contributed by atoms with van der Waals surface area (Å²) in [5, 5.41) is 2.75. The molecule has 0 aliphatic heterocycles. The second-order valence-corrected chi connectivity index (χ2v) is 5.34. The van der Waals surface area contributed by atoms with E-state index in [-0.39, 0.29) is 6.04 Å². The van der Waals surface area contributed by atoms with Gasteiger partial charge >= 0.3 is 6.09 Å². The van der Waals surface area contributed by atoms with Crippen molar-refractivity contribution in [3.8, 4) is 16.9 Å². The summed E-state index contributed by atoms with van der Waals surface area (Å²) in [6.07, 6.45) is 2.01. The van der Waals surface area contributed by atoms with Gasteiger partial charge in [-0.1, -0.05) is 54.6 Å². The van der Waals surface area contributed by atoms with E-state index in [1.54, 1.807) is 6.08 Å². The Balaban J connectivity index is 2.43. The van der Waals surface area contributed by atoms with Crippen LogP contribution in [0.25, 0.3) is 11.1 Å². The molecule has 0 aliphatic rings. The van der Waals surface area contributed by atoms with E-state index in [2.05, 4.69) is 11.9 Å². The van der Waals surface area contributed by atoms with Crippen LogP contribution in [0, 0.1) is 0 Å². The number of ether oxygens (including phenoxy) is 1. The van der Waals surface area contributed by atoms with Crippen LogP contribution in [-0.2, 0) is 6.42 Å². The molecule has 0 heterocycles. The van der Waals surface area contributed by atoms with Crippen LogP contribution in [0.15, 0.2) is 61.2 Å². The lowest BCUT2D eigenvalue weighted by molar-refractivity contribution is 0.197. The average Bonchev–Trinajstić information content (AvgIpc) is 2.49. The van der Waals surface area contributed by atoms with E-state index >= 15 is 0 Å². The number of carbonyl (C=O) groups is 1. The van der Waals surface area contributed by atoms with Crippen molar-refractivity contribution >= 4 is 6.09 Å². The van der Waals surface area contributed by atoms with Gasteiger partial charge in [0.05, 0.1) is 0 Å². The van der Waals surface area contributed by atoms with Gasteiger partial charge in [0, 0.05) is 11.6 Å². The molecule has 3 nitrogen and oxygen atoms in total. The molecule has 2 rings (SSSR count). The number of rotatable bonds is 5. The molecular formula is C19H21NO2. The number of para-hydroxylation sites is 1. The minimum absolute atomic E-state index is 0.0271. The topological polar surface area (TPSA) is 38.3 Å². The minimum atomic E-state index is -0.441. The van der Waals surface area contributed by atoms with Crippen molar-refractivity contribution in [3.05, 3.63) is 66.7 Å². The lowest BCUT2D eigenvalue weighted by Crippen LogP contribution is -2.33. The molecule has 1 amide bonds. The van der Waals surface area contributed by atoms with Crippen LogP contribution in [0.5, 0.6) is 5.75 Å². The normalized spacial score (nSPS) is 10.3. The first kappa shape index (κ1) is 15.8. The summed E-state index contributed by atoms with van der Waals surface area (Å²) in [5.74, 6) is 0.590. The van der Waals surface area contributed by atoms with Gasteiger partial charge in [-0.05, 0) is 31.4 Å². The van der Waals surface area contributed by atoms with Gasteiger partial charge in [-0.2, -0.15) is 0 Å². The molecule has 0 spiro atoms. The lowest BCUT2D eigenvalue weighted by atomic mass is 10.00. The molecule has 0 saturated heterocycles. The number of allylic oxidation sites excluding steroid dienone is 1. The molecule has 114 valence electrons. The smallest absolute Gasteiger partial charge is 0.409 e. The van der Waals surface area contributed by atoms with Crippen molar-refractivity contribution in [1.82, 2.24) is 5.32 Å². The van der Waals surface area contributed by atoms with Gasteiger partial charge in [-0.25, -0.2) is 4.79 Å². The molecule has 0 aromatic heterocycles. The number of hydrogen-bond donors (Lipinski definition) is 1. The van der Waals surface area contributed by atoms with Crippen LogP contribution in [0.2, 0.25) is 0 Å². The van der Waals surface area contributed by atoms with Crippen LogP contribution in [0.4, 0.5) is 4.79 Å². The molecule has 0 aliphatic carbocycles. The van der Waals surface area contributed by atoms with Gasteiger partial charge in [0.2, 0.25) is 0 Å². The maximum Gasteiger partial charge on any atom is 0.412 e. The Bertz CT molecular complexity index is 648. The van der Waals surface area contributed by atoms with E-state index in [1.165, 1.54) is 0 Å². The first-order chi connectivity index (χ1) is 10.6. The Morgan fingerprint density at radius 1 is 1.18 bits per heavy atom. The molecule has 0 radical (unpaired) electrons. The molecule has 0 bridgehead atoms. The van der Waals surface area contributed by atoms with Gasteiger partial charge in [0.25, 0.3) is 0 Å². The Morgan fingerprint density at radius 2 is 1.91 bits per heavy atom. The van der Waals surface area contributed by atoms with Crippen LogP contribution in [0.1, 0.15) is 19.4 Å². The zero-order valence-corrected chi connectivity index (χ0v) is 13.0. The maximum absolute atomic E-state index is 12.0. The fourth-order valence-corrected chi connectivity index (χ4v) is 2.22. The highest BCUT2D eigenvalue weighted by molar-refractivity contribution is 5.78. The van der Waals surface area contributed by atoms with E-state index in [0.717, 1.165) is 16.7 Å². The van der Waals surface area contributed by atoms with E-state index in [1.807, 2.05) is 62.4 Å². The maximum atomic E-state index is 12.0. The predicted molar refractivity (Wildman–Crippen MR) is 90.1 cm³/mol. The third-order valence-electron chi connectivity index (χ3n) is 3.15. The summed E-state index contributed by atoms with van der Waals surface area (Å²) < 4.78 is 5.60. The van der Waals surface area contributed by atoms with Crippen LogP contribution in [0.3, 0.4) is 0 Å². The molecule has 22 heavy (non-hydrogen) atoms. The first-order valence-corrected chi connectivity index (χ1v) is 7.38. The van der Waals surface area contributed by atoms with Crippen molar-refractivity contribution in [3.63, 3.8) is 0 Å². The van der Waals surface area contributed by atoms with E-state index in [0.29, 0.717) is 12.2 Å².